The predicted molar refractivity (Wildman–Crippen MR) is 183 cm³/mol. The molecule has 1 saturated carbocycles. The lowest BCUT2D eigenvalue weighted by molar-refractivity contribution is 0.0699. The van der Waals surface area contributed by atoms with Gasteiger partial charge in [-0.1, -0.05) is 29.7 Å². The standard InChI is InChI=1S/C36H39ClN4O4S/c1-19-11-23-17-36(15-19,16-20(23)2)40-25-6-7-30-28(14-25)34(42)41(22(4)39-30)9-10-45-31-8-5-24(37)13-26(31)27-12-21(3)38-32-29(35(43)44)18-46-33(27)32/h5,8,12-13,18-19,25,40H,6-7,9-11,14-17H2,1-4H3,(H,43,44)/t19?,25-,36?/m1/s1. The molecular weight excluding hydrogens is 620 g/mol. The molecule has 3 aliphatic rings. The van der Waals surface area contributed by atoms with Crippen LogP contribution in [-0.2, 0) is 19.4 Å². The summed E-state index contributed by atoms with van der Waals surface area (Å²) >= 11 is 7.77. The number of aryl methyl sites for hydroxylation is 3. The number of pyridine rings is 1. The van der Waals surface area contributed by atoms with Gasteiger partial charge in [-0.2, -0.15) is 0 Å². The van der Waals surface area contributed by atoms with Gasteiger partial charge in [-0.15, -0.1) is 11.3 Å². The number of fused-ring (bicyclic) bond motifs is 4. The number of rotatable bonds is 8. The van der Waals surface area contributed by atoms with E-state index in [2.05, 4.69) is 24.1 Å². The second-order valence-electron chi connectivity index (χ2n) is 13.6. The van der Waals surface area contributed by atoms with Gasteiger partial charge >= 0.3 is 5.97 Å². The van der Waals surface area contributed by atoms with Crippen molar-refractivity contribution in [2.24, 2.45) is 5.92 Å². The summed E-state index contributed by atoms with van der Waals surface area (Å²) in [5.74, 6) is 0.973. The fraction of sp³-hybridized carbons (Fsp3) is 0.444. The van der Waals surface area contributed by atoms with Crippen molar-refractivity contribution in [1.29, 1.82) is 0 Å². The minimum atomic E-state index is -1.01. The largest absolute Gasteiger partial charge is 0.491 e. The smallest absolute Gasteiger partial charge is 0.338 e. The van der Waals surface area contributed by atoms with E-state index in [1.807, 2.05) is 32.0 Å². The lowest BCUT2D eigenvalue weighted by atomic mass is 9.76. The van der Waals surface area contributed by atoms with Crippen molar-refractivity contribution in [2.75, 3.05) is 6.61 Å². The summed E-state index contributed by atoms with van der Waals surface area (Å²) in [5, 5.41) is 15.9. The first-order valence-electron chi connectivity index (χ1n) is 16.1. The molecule has 10 heteroatoms. The van der Waals surface area contributed by atoms with Gasteiger partial charge < -0.3 is 15.2 Å². The molecule has 4 aromatic rings. The van der Waals surface area contributed by atoms with Crippen LogP contribution in [0.2, 0.25) is 5.02 Å². The van der Waals surface area contributed by atoms with E-state index in [4.69, 9.17) is 21.3 Å². The maximum absolute atomic E-state index is 13.9. The molecule has 0 aliphatic heterocycles. The summed E-state index contributed by atoms with van der Waals surface area (Å²) in [7, 11) is 0. The molecule has 0 saturated heterocycles. The number of aromatic nitrogens is 3. The first kappa shape index (κ1) is 31.1. The molecule has 0 spiro atoms. The Labute approximate surface area is 277 Å². The number of carbonyl (C=O) groups is 1. The molecule has 1 aromatic carbocycles. The molecule has 3 atom stereocenters. The first-order chi connectivity index (χ1) is 22.0. The zero-order chi connectivity index (χ0) is 32.3. The van der Waals surface area contributed by atoms with E-state index in [1.54, 1.807) is 27.2 Å². The second kappa shape index (κ2) is 11.9. The van der Waals surface area contributed by atoms with Crippen LogP contribution < -0.4 is 15.6 Å². The van der Waals surface area contributed by atoms with Crippen molar-refractivity contribution in [3.8, 4) is 16.9 Å². The van der Waals surface area contributed by atoms with Gasteiger partial charge in [0.25, 0.3) is 5.56 Å². The van der Waals surface area contributed by atoms with Gasteiger partial charge in [0.15, 0.2) is 0 Å². The maximum atomic E-state index is 13.9. The second-order valence-corrected chi connectivity index (χ2v) is 14.9. The number of aromatic carboxylic acids is 1. The minimum Gasteiger partial charge on any atom is -0.491 e. The number of nitrogens with zero attached hydrogens (tertiary/aromatic N) is 3. The summed E-state index contributed by atoms with van der Waals surface area (Å²) in [4.78, 5) is 35.1. The lowest BCUT2D eigenvalue weighted by Gasteiger charge is -2.41. The summed E-state index contributed by atoms with van der Waals surface area (Å²) < 4.78 is 8.82. The van der Waals surface area contributed by atoms with Crippen molar-refractivity contribution in [2.45, 2.75) is 90.8 Å². The molecule has 3 aromatic heterocycles. The molecule has 1 fully saturated rings. The van der Waals surface area contributed by atoms with Gasteiger partial charge in [0, 0.05) is 44.4 Å². The van der Waals surface area contributed by atoms with Gasteiger partial charge in [0.2, 0.25) is 0 Å². The molecule has 2 unspecified atom stereocenters. The van der Waals surface area contributed by atoms with E-state index in [9.17, 15) is 14.7 Å². The number of hydrogen-bond acceptors (Lipinski definition) is 7. The van der Waals surface area contributed by atoms with Gasteiger partial charge in [-0.3, -0.25) is 14.3 Å². The Hall–Kier alpha value is -3.53. The van der Waals surface area contributed by atoms with Crippen molar-refractivity contribution in [3.05, 3.63) is 84.5 Å². The highest BCUT2D eigenvalue weighted by Crippen LogP contribution is 2.47. The van der Waals surface area contributed by atoms with E-state index in [0.717, 1.165) is 52.8 Å². The highest BCUT2D eigenvalue weighted by Gasteiger charge is 2.44. The molecule has 46 heavy (non-hydrogen) atoms. The number of carboxylic acid groups (broad SMARTS) is 1. The number of halogens is 1. The van der Waals surface area contributed by atoms with Gasteiger partial charge in [-0.25, -0.2) is 9.78 Å². The lowest BCUT2D eigenvalue weighted by Crippen LogP contribution is -2.53. The highest BCUT2D eigenvalue weighted by molar-refractivity contribution is 7.18. The van der Waals surface area contributed by atoms with Crippen molar-refractivity contribution in [3.63, 3.8) is 0 Å². The van der Waals surface area contributed by atoms with E-state index in [-0.39, 0.29) is 29.3 Å². The number of hydrogen-bond donors (Lipinski definition) is 2. The number of carboxylic acids is 1. The van der Waals surface area contributed by atoms with E-state index in [0.29, 0.717) is 46.7 Å². The number of thiophene rings is 1. The first-order valence-corrected chi connectivity index (χ1v) is 17.4. The third kappa shape index (κ3) is 5.67. The third-order valence-corrected chi connectivity index (χ3v) is 11.2. The van der Waals surface area contributed by atoms with Crippen molar-refractivity contribution >= 4 is 39.1 Å². The van der Waals surface area contributed by atoms with Crippen LogP contribution in [0.5, 0.6) is 5.75 Å². The minimum absolute atomic E-state index is 0.0242. The molecule has 7 rings (SSSR count). The van der Waals surface area contributed by atoms with E-state index >= 15 is 0 Å². The molecule has 2 N–H and O–H groups in total. The van der Waals surface area contributed by atoms with Gasteiger partial charge in [-0.05, 0) is 95.9 Å². The molecule has 2 bridgehead atoms. The Bertz CT molecular complexity index is 1980. The average Bonchev–Trinajstić information content (AvgIpc) is 3.52. The fourth-order valence-corrected chi connectivity index (χ4v) is 9.37. The van der Waals surface area contributed by atoms with E-state index in [1.165, 1.54) is 24.2 Å². The number of ether oxygens (including phenoxy) is 1. The van der Waals surface area contributed by atoms with Crippen LogP contribution in [0.3, 0.4) is 0 Å². The fourth-order valence-electron chi connectivity index (χ4n) is 8.19. The monoisotopic (exact) mass is 658 g/mol. The third-order valence-electron chi connectivity index (χ3n) is 10.0. The molecular formula is C36H39ClN4O4S. The van der Waals surface area contributed by atoms with Crippen LogP contribution in [0.1, 0.15) is 79.1 Å². The highest BCUT2D eigenvalue weighted by atomic mass is 35.5. The zero-order valence-electron chi connectivity index (χ0n) is 26.7. The molecule has 240 valence electrons. The topological polar surface area (TPSA) is 106 Å². The Morgan fingerprint density at radius 2 is 2.00 bits per heavy atom. The van der Waals surface area contributed by atoms with Crippen LogP contribution in [0, 0.1) is 19.8 Å². The quantitative estimate of drug-likeness (QED) is 0.192. The Morgan fingerprint density at radius 1 is 1.17 bits per heavy atom. The average molecular weight is 659 g/mol. The summed E-state index contributed by atoms with van der Waals surface area (Å²) in [6, 6.07) is 7.60. The van der Waals surface area contributed by atoms with Crippen LogP contribution >= 0.6 is 22.9 Å². The maximum Gasteiger partial charge on any atom is 0.338 e. The van der Waals surface area contributed by atoms with Crippen molar-refractivity contribution in [1.82, 2.24) is 19.9 Å². The number of benzene rings is 1. The van der Waals surface area contributed by atoms with Crippen LogP contribution in [0.25, 0.3) is 21.3 Å². The Kier molecular flexibility index (Phi) is 8.06. The summed E-state index contributed by atoms with van der Waals surface area (Å²) in [6.07, 6.45) is 7.18. The SMILES string of the molecule is CC1=C2CC(C)CC(N[C@@H]3CCc4nc(C)n(CCOc5ccc(Cl)cc5-c5cc(C)nc6c(C(=O)O)csc56)c(=O)c4C3)(C1)C2. The summed E-state index contributed by atoms with van der Waals surface area (Å²) in [6.45, 7) is 9.00. The molecule has 0 amide bonds. The van der Waals surface area contributed by atoms with Gasteiger partial charge in [0.05, 0.1) is 28.0 Å². The molecule has 0 radical (unpaired) electrons. The van der Waals surface area contributed by atoms with Crippen LogP contribution in [0.15, 0.2) is 45.6 Å². The normalized spacial score (nSPS) is 22.4. The Balaban J connectivity index is 1.11. The van der Waals surface area contributed by atoms with E-state index < -0.39 is 5.97 Å². The molecule has 3 aliphatic carbocycles. The summed E-state index contributed by atoms with van der Waals surface area (Å²) in [5.41, 5.74) is 7.99. The van der Waals surface area contributed by atoms with Crippen molar-refractivity contribution < 1.29 is 14.6 Å². The van der Waals surface area contributed by atoms with Crippen LogP contribution in [0.4, 0.5) is 0 Å². The molecule has 3 heterocycles. The number of nitrogens with one attached hydrogen (secondary N) is 1. The van der Waals surface area contributed by atoms with Gasteiger partial charge in [0.1, 0.15) is 18.2 Å². The molecule has 8 nitrogen and oxygen atoms in total. The van der Waals surface area contributed by atoms with Crippen LogP contribution in [-0.4, -0.2) is 43.8 Å². The predicted octanol–water partition coefficient (Wildman–Crippen LogP) is 7.29. The Morgan fingerprint density at radius 3 is 2.80 bits per heavy atom. The zero-order valence-corrected chi connectivity index (χ0v) is 28.3.